The Kier molecular flexibility index (Phi) is 25.6. The van der Waals surface area contributed by atoms with Crippen molar-refractivity contribution in [3.05, 3.63) is 71.8 Å². The maximum atomic E-state index is 5.31. The van der Waals surface area contributed by atoms with Gasteiger partial charge >= 0.3 is 0 Å². The predicted octanol–water partition coefficient (Wildman–Crippen LogP) is 15.6. The van der Waals surface area contributed by atoms with Crippen molar-refractivity contribution in [2.45, 2.75) is 195 Å². The highest BCUT2D eigenvalue weighted by Crippen LogP contribution is 2.23. The quantitative estimate of drug-likeness (QED) is 0.0591. The average molecular weight is 655 g/mol. The molecule has 0 aliphatic carbocycles. The zero-order chi connectivity index (χ0) is 34.3. The summed E-state index contributed by atoms with van der Waals surface area (Å²) in [4.78, 5) is 10.5. The number of hydrogen-bond donors (Lipinski definition) is 0. The van der Waals surface area contributed by atoms with Crippen LogP contribution >= 0.6 is 0 Å². The Morgan fingerprint density at radius 3 is 1.44 bits per heavy atom. The highest BCUT2D eigenvalue weighted by Gasteiger charge is 2.09. The molecule has 0 saturated carbocycles. The number of para-hydroxylation sites is 1. The van der Waals surface area contributed by atoms with Crippen molar-refractivity contribution in [2.75, 3.05) is 0 Å². The van der Waals surface area contributed by atoms with Crippen molar-refractivity contribution < 1.29 is 0 Å². The van der Waals surface area contributed by atoms with E-state index in [0.29, 0.717) is 0 Å². The number of aliphatic imine (C=N–C) groups is 2. The third-order valence-electron chi connectivity index (χ3n) is 9.45. The van der Waals surface area contributed by atoms with Gasteiger partial charge in [-0.3, -0.25) is 4.99 Å². The standard InChI is InChI=1S/C46H74N2/c1-5-9-11-12-13-14-15-16-17-18-19-20-21-22-23-24-25-26-27-31-37-46(45(36-10-6-2)47-43-34-29-28-30-35-43)48-44-39-41(32-7-3)38-42(40-44)33-8-4/h28-31,34-35,37-40H,5-27,32-33,36H2,1-4H3/b37-31+,47-45?,48-46?. The van der Waals surface area contributed by atoms with E-state index < -0.39 is 0 Å². The molecule has 268 valence electrons. The first kappa shape index (κ1) is 41.7. The average Bonchev–Trinajstić information content (AvgIpc) is 3.09. The number of benzene rings is 2. The minimum Gasteiger partial charge on any atom is -0.251 e. The second kappa shape index (κ2) is 29.4. The molecule has 0 saturated heterocycles. The van der Waals surface area contributed by atoms with Crippen molar-refractivity contribution in [2.24, 2.45) is 9.98 Å². The lowest BCUT2D eigenvalue weighted by Crippen LogP contribution is -2.12. The van der Waals surface area contributed by atoms with Gasteiger partial charge in [-0.25, -0.2) is 4.99 Å². The van der Waals surface area contributed by atoms with Gasteiger partial charge in [-0.2, -0.15) is 0 Å². The summed E-state index contributed by atoms with van der Waals surface area (Å²) in [6.45, 7) is 9.09. The highest BCUT2D eigenvalue weighted by atomic mass is 14.8. The third kappa shape index (κ3) is 20.8. The van der Waals surface area contributed by atoms with Crippen molar-refractivity contribution in [3.63, 3.8) is 0 Å². The molecule has 0 heterocycles. The molecule has 0 radical (unpaired) electrons. The first-order valence-electron chi connectivity index (χ1n) is 20.7. The molecular formula is C46H74N2. The minimum absolute atomic E-state index is 0.949. The van der Waals surface area contributed by atoms with Crippen LogP contribution in [0.5, 0.6) is 0 Å². The molecule has 0 aromatic heterocycles. The molecule has 0 amide bonds. The fourth-order valence-electron chi connectivity index (χ4n) is 6.61. The molecule has 2 heteroatoms. The summed E-state index contributed by atoms with van der Waals surface area (Å²) in [6, 6.07) is 17.4. The summed E-state index contributed by atoms with van der Waals surface area (Å²) in [6.07, 6.45) is 39.0. The lowest BCUT2D eigenvalue weighted by Gasteiger charge is -2.10. The molecule has 2 aromatic carbocycles. The molecule has 2 rings (SSSR count). The first-order chi connectivity index (χ1) is 23.7. The number of rotatable bonds is 30. The number of hydrogen-bond acceptors (Lipinski definition) is 2. The predicted molar refractivity (Wildman–Crippen MR) is 217 cm³/mol. The normalized spacial score (nSPS) is 12.4. The van der Waals surface area contributed by atoms with E-state index >= 15 is 0 Å². The van der Waals surface area contributed by atoms with E-state index in [9.17, 15) is 0 Å². The smallest absolute Gasteiger partial charge is 0.0848 e. The molecule has 2 nitrogen and oxygen atoms in total. The van der Waals surface area contributed by atoms with Crippen LogP contribution in [0.1, 0.15) is 193 Å². The Balaban J connectivity index is 1.83. The van der Waals surface area contributed by atoms with Crippen LogP contribution < -0.4 is 0 Å². The fourth-order valence-corrected chi connectivity index (χ4v) is 6.61. The van der Waals surface area contributed by atoms with Gasteiger partial charge in [0.25, 0.3) is 0 Å². The zero-order valence-corrected chi connectivity index (χ0v) is 32.1. The van der Waals surface area contributed by atoms with E-state index in [2.05, 4.69) is 88.4 Å². The first-order valence-corrected chi connectivity index (χ1v) is 20.7. The Hall–Kier alpha value is -2.48. The number of nitrogens with zero attached hydrogens (tertiary/aromatic N) is 2. The van der Waals surface area contributed by atoms with E-state index in [1.54, 1.807) is 0 Å². The lowest BCUT2D eigenvalue weighted by atomic mass is 10.0. The molecule has 0 bridgehead atoms. The van der Waals surface area contributed by atoms with Crippen LogP contribution in [0.3, 0.4) is 0 Å². The summed E-state index contributed by atoms with van der Waals surface area (Å²) < 4.78 is 0. The minimum atomic E-state index is 0.949. The topological polar surface area (TPSA) is 24.7 Å². The SMILES string of the molecule is CCCCCCCCCCCCCCCCCCCC/C=C/C(=Nc1cc(CCC)cc(CCC)c1)C(CCCC)=Nc1ccccc1. The molecule has 0 aliphatic heterocycles. The number of unbranched alkanes of at least 4 members (excludes halogenated alkanes) is 19. The van der Waals surface area contributed by atoms with E-state index in [1.807, 2.05) is 0 Å². The summed E-state index contributed by atoms with van der Waals surface area (Å²) in [7, 11) is 0. The van der Waals surface area contributed by atoms with Gasteiger partial charge in [0.1, 0.15) is 0 Å². The van der Waals surface area contributed by atoms with Crippen molar-refractivity contribution in [1.29, 1.82) is 0 Å². The molecule has 2 aromatic rings. The fraction of sp³-hybridized carbons (Fsp3) is 0.652. The van der Waals surface area contributed by atoms with Crippen LogP contribution in [0.25, 0.3) is 0 Å². The second-order valence-corrected chi connectivity index (χ2v) is 14.2. The summed E-state index contributed by atoms with van der Waals surface area (Å²) >= 11 is 0. The molecule has 0 atom stereocenters. The molecule has 0 fully saturated rings. The van der Waals surface area contributed by atoms with Crippen molar-refractivity contribution in [3.8, 4) is 0 Å². The van der Waals surface area contributed by atoms with Gasteiger partial charge in [0.05, 0.1) is 22.8 Å². The molecule has 48 heavy (non-hydrogen) atoms. The van der Waals surface area contributed by atoms with Gasteiger partial charge < -0.3 is 0 Å². The van der Waals surface area contributed by atoms with Gasteiger partial charge in [-0.1, -0.05) is 186 Å². The summed E-state index contributed by atoms with van der Waals surface area (Å²) in [5, 5.41) is 0. The van der Waals surface area contributed by atoms with E-state index in [0.717, 1.165) is 74.2 Å². The van der Waals surface area contributed by atoms with E-state index in [4.69, 9.17) is 9.98 Å². The second-order valence-electron chi connectivity index (χ2n) is 14.2. The van der Waals surface area contributed by atoms with Crippen molar-refractivity contribution >= 4 is 22.8 Å². The van der Waals surface area contributed by atoms with Gasteiger partial charge in [0.2, 0.25) is 0 Å². The molecule has 0 spiro atoms. The Morgan fingerprint density at radius 2 is 0.958 bits per heavy atom. The molecule has 0 aliphatic rings. The Bertz CT molecular complexity index is 1100. The Labute approximate surface area is 298 Å². The van der Waals surface area contributed by atoms with E-state index in [-0.39, 0.29) is 0 Å². The van der Waals surface area contributed by atoms with Crippen LogP contribution in [0, 0.1) is 0 Å². The molecule has 0 N–H and O–H groups in total. The van der Waals surface area contributed by atoms with Crippen molar-refractivity contribution in [1.82, 2.24) is 0 Å². The van der Waals surface area contributed by atoms with E-state index in [1.165, 1.54) is 127 Å². The zero-order valence-electron chi connectivity index (χ0n) is 32.1. The Morgan fingerprint density at radius 1 is 0.479 bits per heavy atom. The largest absolute Gasteiger partial charge is 0.251 e. The summed E-state index contributed by atoms with van der Waals surface area (Å²) in [5.74, 6) is 0. The van der Waals surface area contributed by atoms with Gasteiger partial charge in [0.15, 0.2) is 0 Å². The molecule has 0 unspecified atom stereocenters. The highest BCUT2D eigenvalue weighted by molar-refractivity contribution is 6.47. The van der Waals surface area contributed by atoms with Crippen LogP contribution in [0.4, 0.5) is 11.4 Å². The molecular weight excluding hydrogens is 581 g/mol. The van der Waals surface area contributed by atoms with Crippen LogP contribution in [0.2, 0.25) is 0 Å². The third-order valence-corrected chi connectivity index (χ3v) is 9.45. The maximum absolute atomic E-state index is 5.31. The number of allylic oxidation sites excluding steroid dienone is 2. The monoisotopic (exact) mass is 655 g/mol. The van der Waals surface area contributed by atoms with Gasteiger partial charge in [-0.05, 0) is 80.0 Å². The van der Waals surface area contributed by atoms with Crippen LogP contribution in [0.15, 0.2) is 70.7 Å². The lowest BCUT2D eigenvalue weighted by molar-refractivity contribution is 0.525. The summed E-state index contributed by atoms with van der Waals surface area (Å²) in [5.41, 5.74) is 7.04. The van der Waals surface area contributed by atoms with Gasteiger partial charge in [0, 0.05) is 0 Å². The maximum Gasteiger partial charge on any atom is 0.0848 e. The number of aryl methyl sites for hydroxylation is 2. The van der Waals surface area contributed by atoms with Crippen LogP contribution in [-0.4, -0.2) is 11.4 Å². The van der Waals surface area contributed by atoms with Gasteiger partial charge in [-0.15, -0.1) is 0 Å². The van der Waals surface area contributed by atoms with Crippen LogP contribution in [-0.2, 0) is 12.8 Å².